The Kier molecular flexibility index (Phi) is 5.64. The lowest BCUT2D eigenvalue weighted by Crippen LogP contribution is -2.27. The van der Waals surface area contributed by atoms with Gasteiger partial charge in [0.05, 0.1) is 17.2 Å². The maximum atomic E-state index is 12.8. The van der Waals surface area contributed by atoms with E-state index in [0.717, 1.165) is 22.7 Å². The topological polar surface area (TPSA) is 32.8 Å². The van der Waals surface area contributed by atoms with Gasteiger partial charge in [-0.3, -0.25) is 9.69 Å². The molecule has 0 aliphatic carbocycles. The number of thiocarbonyl (C=S) groups is 1. The minimum absolute atomic E-state index is 0.0964. The van der Waals surface area contributed by atoms with Crippen LogP contribution in [-0.4, -0.2) is 30.9 Å². The Morgan fingerprint density at radius 2 is 1.77 bits per heavy atom. The monoisotopic (exact) mass is 384 g/mol. The summed E-state index contributed by atoms with van der Waals surface area (Å²) in [5, 5.41) is 0. The molecule has 0 atom stereocenters. The summed E-state index contributed by atoms with van der Waals surface area (Å²) in [5.41, 5.74) is 2.84. The van der Waals surface area contributed by atoms with Crippen LogP contribution in [0.3, 0.4) is 0 Å². The molecule has 2 aromatic carbocycles. The Balaban J connectivity index is 1.81. The van der Waals surface area contributed by atoms with Gasteiger partial charge in [0.15, 0.2) is 4.32 Å². The van der Waals surface area contributed by atoms with Crippen LogP contribution >= 0.6 is 24.0 Å². The second-order valence-corrected chi connectivity index (χ2v) is 7.61. The molecule has 0 unspecified atom stereocenters. The second kappa shape index (κ2) is 7.93. The van der Waals surface area contributed by atoms with Gasteiger partial charge in [0.25, 0.3) is 5.91 Å². The van der Waals surface area contributed by atoms with Crippen LogP contribution in [0.2, 0.25) is 0 Å². The number of hydrogen-bond acceptors (Lipinski definition) is 5. The van der Waals surface area contributed by atoms with Crippen molar-refractivity contribution in [2.45, 2.75) is 6.92 Å². The average molecular weight is 385 g/mol. The smallest absolute Gasteiger partial charge is 0.270 e. The number of amides is 1. The summed E-state index contributed by atoms with van der Waals surface area (Å²) < 4.78 is 5.98. The van der Waals surface area contributed by atoms with E-state index in [1.807, 2.05) is 80.5 Å². The molecule has 1 aliphatic heterocycles. The van der Waals surface area contributed by atoms with Crippen LogP contribution in [0, 0.1) is 0 Å². The molecule has 1 amide bonds. The maximum absolute atomic E-state index is 12.8. The van der Waals surface area contributed by atoms with E-state index < -0.39 is 0 Å². The first-order chi connectivity index (χ1) is 12.5. The number of hydrogen-bond donors (Lipinski definition) is 0. The predicted molar refractivity (Wildman–Crippen MR) is 114 cm³/mol. The molecule has 6 heteroatoms. The molecular formula is C20H20N2O2S2. The van der Waals surface area contributed by atoms with Gasteiger partial charge in [-0.2, -0.15) is 0 Å². The molecule has 0 bridgehead atoms. The molecule has 0 N–H and O–H groups in total. The molecule has 0 spiro atoms. The first-order valence-corrected chi connectivity index (χ1v) is 9.50. The Morgan fingerprint density at radius 1 is 1.12 bits per heavy atom. The molecule has 134 valence electrons. The van der Waals surface area contributed by atoms with Crippen LogP contribution in [-0.2, 0) is 4.79 Å². The highest BCUT2D eigenvalue weighted by molar-refractivity contribution is 8.27. The van der Waals surface area contributed by atoms with Crippen molar-refractivity contribution in [3.05, 3.63) is 59.0 Å². The molecular weight excluding hydrogens is 364 g/mol. The minimum atomic E-state index is -0.0964. The predicted octanol–water partition coefficient (Wildman–Crippen LogP) is 4.56. The maximum Gasteiger partial charge on any atom is 0.270 e. The van der Waals surface area contributed by atoms with Crippen LogP contribution in [0.1, 0.15) is 12.5 Å². The van der Waals surface area contributed by atoms with Gasteiger partial charge < -0.3 is 9.64 Å². The standard InChI is InChI=1S/C20H20N2O2S2/c1-4-24-17-11-9-16(10-12-17)22-19(23)18(26-20(22)25)13-14-5-7-15(8-6-14)21(2)3/h5-13H,4H2,1-3H3/b18-13-. The lowest BCUT2D eigenvalue weighted by molar-refractivity contribution is -0.113. The lowest BCUT2D eigenvalue weighted by Gasteiger charge is -2.15. The van der Waals surface area contributed by atoms with Crippen molar-refractivity contribution in [3.8, 4) is 5.75 Å². The fraction of sp³-hybridized carbons (Fsp3) is 0.200. The van der Waals surface area contributed by atoms with E-state index in [9.17, 15) is 4.79 Å². The number of nitrogens with zero attached hydrogens (tertiary/aromatic N) is 2. The third-order valence-corrected chi connectivity index (χ3v) is 5.21. The zero-order chi connectivity index (χ0) is 18.7. The Hall–Kier alpha value is -2.31. The van der Waals surface area contributed by atoms with Gasteiger partial charge in [-0.05, 0) is 55.0 Å². The fourth-order valence-electron chi connectivity index (χ4n) is 2.57. The van der Waals surface area contributed by atoms with E-state index in [1.54, 1.807) is 4.90 Å². The number of carbonyl (C=O) groups excluding carboxylic acids is 1. The largest absolute Gasteiger partial charge is 0.494 e. The molecule has 1 fully saturated rings. The van der Waals surface area contributed by atoms with Gasteiger partial charge in [0.2, 0.25) is 0 Å². The molecule has 1 saturated heterocycles. The summed E-state index contributed by atoms with van der Waals surface area (Å²) in [5.74, 6) is 0.680. The first kappa shape index (κ1) is 18.5. The van der Waals surface area contributed by atoms with Gasteiger partial charge in [0.1, 0.15) is 5.75 Å². The SMILES string of the molecule is CCOc1ccc(N2C(=O)/C(=C/c3ccc(N(C)C)cc3)SC2=S)cc1. The molecule has 4 nitrogen and oxygen atoms in total. The summed E-state index contributed by atoms with van der Waals surface area (Å²) in [6, 6.07) is 15.5. The highest BCUT2D eigenvalue weighted by Crippen LogP contribution is 2.36. The minimum Gasteiger partial charge on any atom is -0.494 e. The highest BCUT2D eigenvalue weighted by Gasteiger charge is 2.33. The third-order valence-electron chi connectivity index (χ3n) is 3.91. The molecule has 0 radical (unpaired) electrons. The van der Waals surface area contributed by atoms with E-state index in [2.05, 4.69) is 0 Å². The number of carbonyl (C=O) groups is 1. The molecule has 2 aromatic rings. The number of rotatable bonds is 5. The molecule has 1 aliphatic rings. The van der Waals surface area contributed by atoms with Crippen molar-refractivity contribution in [2.24, 2.45) is 0 Å². The molecule has 3 rings (SSSR count). The molecule has 1 heterocycles. The van der Waals surface area contributed by atoms with Gasteiger partial charge in [-0.25, -0.2) is 0 Å². The van der Waals surface area contributed by atoms with Crippen molar-refractivity contribution in [2.75, 3.05) is 30.5 Å². The Bertz CT molecular complexity index is 843. The van der Waals surface area contributed by atoms with Crippen molar-refractivity contribution in [1.82, 2.24) is 0 Å². The lowest BCUT2D eigenvalue weighted by atomic mass is 10.2. The van der Waals surface area contributed by atoms with Crippen LogP contribution < -0.4 is 14.5 Å². The molecule has 26 heavy (non-hydrogen) atoms. The normalized spacial score (nSPS) is 15.7. The van der Waals surface area contributed by atoms with Crippen molar-refractivity contribution < 1.29 is 9.53 Å². The van der Waals surface area contributed by atoms with Crippen LogP contribution in [0.5, 0.6) is 5.75 Å². The number of benzene rings is 2. The van der Waals surface area contributed by atoms with E-state index in [0.29, 0.717) is 15.8 Å². The van der Waals surface area contributed by atoms with Gasteiger partial charge in [-0.15, -0.1) is 0 Å². The van der Waals surface area contributed by atoms with Crippen molar-refractivity contribution >= 4 is 51.7 Å². The summed E-state index contributed by atoms with van der Waals surface area (Å²) in [7, 11) is 3.99. The molecule has 0 saturated carbocycles. The summed E-state index contributed by atoms with van der Waals surface area (Å²) in [6.07, 6.45) is 1.88. The van der Waals surface area contributed by atoms with Crippen molar-refractivity contribution in [3.63, 3.8) is 0 Å². The zero-order valence-corrected chi connectivity index (χ0v) is 16.6. The van der Waals surface area contributed by atoms with Crippen LogP contribution in [0.25, 0.3) is 6.08 Å². The Morgan fingerprint density at radius 3 is 2.35 bits per heavy atom. The van der Waals surface area contributed by atoms with E-state index in [4.69, 9.17) is 17.0 Å². The summed E-state index contributed by atoms with van der Waals surface area (Å²) in [6.45, 7) is 2.54. The summed E-state index contributed by atoms with van der Waals surface area (Å²) in [4.78, 5) is 17.0. The Labute approximate surface area is 163 Å². The zero-order valence-electron chi connectivity index (χ0n) is 14.9. The number of anilines is 2. The van der Waals surface area contributed by atoms with Crippen molar-refractivity contribution in [1.29, 1.82) is 0 Å². The molecule has 0 aromatic heterocycles. The van der Waals surface area contributed by atoms with Crippen LogP contribution in [0.15, 0.2) is 53.4 Å². The van der Waals surface area contributed by atoms with Gasteiger partial charge >= 0.3 is 0 Å². The quantitative estimate of drug-likeness (QED) is 0.558. The van der Waals surface area contributed by atoms with Gasteiger partial charge in [0, 0.05) is 19.8 Å². The van der Waals surface area contributed by atoms with E-state index >= 15 is 0 Å². The second-order valence-electron chi connectivity index (χ2n) is 5.93. The highest BCUT2D eigenvalue weighted by atomic mass is 32.2. The van der Waals surface area contributed by atoms with E-state index in [-0.39, 0.29) is 5.91 Å². The average Bonchev–Trinajstić information content (AvgIpc) is 2.90. The van der Waals surface area contributed by atoms with E-state index in [1.165, 1.54) is 11.8 Å². The number of ether oxygens (including phenoxy) is 1. The summed E-state index contributed by atoms with van der Waals surface area (Å²) >= 11 is 6.74. The first-order valence-electron chi connectivity index (χ1n) is 8.28. The fourth-order valence-corrected chi connectivity index (χ4v) is 3.87. The van der Waals surface area contributed by atoms with Gasteiger partial charge in [-0.1, -0.05) is 36.1 Å². The van der Waals surface area contributed by atoms with Crippen LogP contribution in [0.4, 0.5) is 11.4 Å². The number of thioether (sulfide) groups is 1. The third kappa shape index (κ3) is 3.92.